The zero-order valence-electron chi connectivity index (χ0n) is 13.0. The van der Waals surface area contributed by atoms with Gasteiger partial charge in [0.2, 0.25) is 0 Å². The maximum Gasteiger partial charge on any atom is 0.251 e. The second-order valence-electron chi connectivity index (χ2n) is 4.33. The summed E-state index contributed by atoms with van der Waals surface area (Å²) in [5.74, 6) is 2.87. The summed E-state index contributed by atoms with van der Waals surface area (Å²) < 4.78 is 15.4. The van der Waals surface area contributed by atoms with Gasteiger partial charge >= 0.3 is 0 Å². The van der Waals surface area contributed by atoms with Crippen molar-refractivity contribution in [1.82, 2.24) is 5.32 Å². The first kappa shape index (κ1) is 17.8. The van der Waals surface area contributed by atoms with Crippen LogP contribution in [-0.4, -0.2) is 53.0 Å². The quantitative estimate of drug-likeness (QED) is 0.501. The normalized spacial score (nSPS) is 9.86. The van der Waals surface area contributed by atoms with Crippen LogP contribution in [0.2, 0.25) is 0 Å². The summed E-state index contributed by atoms with van der Waals surface area (Å²) in [7, 11) is 3.16. The topological polar surface area (TPSA) is 68.8 Å². The summed E-state index contributed by atoms with van der Waals surface area (Å²) in [6, 6.07) is 5.14. The first-order chi connectivity index (χ1) is 10.7. The molecule has 0 aliphatic rings. The fourth-order valence-electron chi connectivity index (χ4n) is 1.71. The van der Waals surface area contributed by atoms with Gasteiger partial charge in [0.05, 0.1) is 39.2 Å². The molecular formula is C16H22N2O4. The van der Waals surface area contributed by atoms with E-state index in [2.05, 4.69) is 16.6 Å². The maximum absolute atomic E-state index is 12.0. The molecule has 0 bridgehead atoms. The molecule has 0 atom stereocenters. The molecule has 1 aromatic rings. The van der Waals surface area contributed by atoms with E-state index in [-0.39, 0.29) is 5.91 Å². The molecule has 120 valence electrons. The number of methoxy groups -OCH3 is 2. The molecule has 0 aliphatic heterocycles. The number of carbonyl (C=O) groups excluding carboxylic acids is 1. The van der Waals surface area contributed by atoms with E-state index >= 15 is 0 Å². The largest absolute Gasteiger partial charge is 0.495 e. The second kappa shape index (κ2) is 10.5. The zero-order valence-corrected chi connectivity index (χ0v) is 13.0. The number of hydrogen-bond donors (Lipinski definition) is 2. The van der Waals surface area contributed by atoms with Crippen LogP contribution in [0.5, 0.6) is 5.75 Å². The molecule has 0 unspecified atom stereocenters. The first-order valence-electron chi connectivity index (χ1n) is 6.93. The minimum atomic E-state index is -0.183. The van der Waals surface area contributed by atoms with Crippen molar-refractivity contribution in [3.8, 4) is 18.1 Å². The van der Waals surface area contributed by atoms with Gasteiger partial charge in [-0.15, -0.1) is 6.42 Å². The first-order valence-corrected chi connectivity index (χ1v) is 6.93. The summed E-state index contributed by atoms with van der Waals surface area (Å²) in [6.45, 7) is 2.31. The van der Waals surface area contributed by atoms with E-state index < -0.39 is 0 Å². The minimum absolute atomic E-state index is 0.183. The predicted molar refractivity (Wildman–Crippen MR) is 85.3 cm³/mol. The van der Waals surface area contributed by atoms with Gasteiger partial charge in [-0.2, -0.15) is 0 Å². The highest BCUT2D eigenvalue weighted by atomic mass is 16.5. The Balaban J connectivity index is 2.50. The number of ether oxygens (including phenoxy) is 3. The highest BCUT2D eigenvalue weighted by Crippen LogP contribution is 2.25. The number of hydrogen-bond acceptors (Lipinski definition) is 5. The zero-order chi connectivity index (χ0) is 16.2. The summed E-state index contributed by atoms with van der Waals surface area (Å²) in [5, 5.41) is 5.80. The van der Waals surface area contributed by atoms with Crippen molar-refractivity contribution < 1.29 is 19.0 Å². The highest BCUT2D eigenvalue weighted by Gasteiger charge is 2.09. The third kappa shape index (κ3) is 6.04. The summed E-state index contributed by atoms with van der Waals surface area (Å²) >= 11 is 0. The van der Waals surface area contributed by atoms with Crippen LogP contribution in [0.3, 0.4) is 0 Å². The molecule has 0 radical (unpaired) electrons. The average molecular weight is 306 g/mol. The van der Waals surface area contributed by atoms with Crippen LogP contribution in [0, 0.1) is 12.3 Å². The number of amides is 1. The molecule has 0 heterocycles. The van der Waals surface area contributed by atoms with E-state index in [0.717, 1.165) is 5.69 Å². The van der Waals surface area contributed by atoms with Crippen molar-refractivity contribution >= 4 is 11.6 Å². The van der Waals surface area contributed by atoms with Crippen LogP contribution in [0.15, 0.2) is 18.2 Å². The summed E-state index contributed by atoms with van der Waals surface area (Å²) in [6.07, 6.45) is 5.21. The molecule has 22 heavy (non-hydrogen) atoms. The Hall–Kier alpha value is -2.23. The van der Waals surface area contributed by atoms with Crippen LogP contribution < -0.4 is 15.4 Å². The second-order valence-corrected chi connectivity index (χ2v) is 4.33. The Kier molecular flexibility index (Phi) is 8.50. The lowest BCUT2D eigenvalue weighted by Gasteiger charge is -2.11. The molecule has 1 aromatic carbocycles. The number of rotatable bonds is 10. The smallest absolute Gasteiger partial charge is 0.251 e. The van der Waals surface area contributed by atoms with Crippen molar-refractivity contribution in [2.75, 3.05) is 52.4 Å². The van der Waals surface area contributed by atoms with Crippen LogP contribution in [0.1, 0.15) is 10.4 Å². The van der Waals surface area contributed by atoms with Crippen molar-refractivity contribution in [3.63, 3.8) is 0 Å². The van der Waals surface area contributed by atoms with Gasteiger partial charge in [0.25, 0.3) is 5.91 Å². The van der Waals surface area contributed by atoms with Crippen LogP contribution >= 0.6 is 0 Å². The third-order valence-electron chi connectivity index (χ3n) is 2.81. The molecule has 6 nitrogen and oxygen atoms in total. The van der Waals surface area contributed by atoms with E-state index in [1.54, 1.807) is 32.4 Å². The molecule has 0 aromatic heterocycles. The van der Waals surface area contributed by atoms with Gasteiger partial charge in [0.15, 0.2) is 0 Å². The molecule has 0 saturated carbocycles. The van der Waals surface area contributed by atoms with Gasteiger partial charge in [-0.25, -0.2) is 0 Å². The Morgan fingerprint density at radius 1 is 1.27 bits per heavy atom. The van der Waals surface area contributed by atoms with Gasteiger partial charge in [-0.1, -0.05) is 5.92 Å². The summed E-state index contributed by atoms with van der Waals surface area (Å²) in [5.41, 5.74) is 1.26. The minimum Gasteiger partial charge on any atom is -0.495 e. The Morgan fingerprint density at radius 3 is 2.77 bits per heavy atom. The van der Waals surface area contributed by atoms with E-state index in [4.69, 9.17) is 20.6 Å². The molecule has 0 fully saturated rings. The molecule has 0 saturated heterocycles. The molecule has 2 N–H and O–H groups in total. The molecule has 1 amide bonds. The molecular weight excluding hydrogens is 284 g/mol. The lowest BCUT2D eigenvalue weighted by atomic mass is 10.1. The fourth-order valence-corrected chi connectivity index (χ4v) is 1.71. The monoisotopic (exact) mass is 306 g/mol. The third-order valence-corrected chi connectivity index (χ3v) is 2.81. The summed E-state index contributed by atoms with van der Waals surface area (Å²) in [4.78, 5) is 12.0. The van der Waals surface area contributed by atoms with Crippen LogP contribution in [0.4, 0.5) is 5.69 Å². The van der Waals surface area contributed by atoms with E-state index in [1.165, 1.54) is 0 Å². The van der Waals surface area contributed by atoms with Crippen LogP contribution in [-0.2, 0) is 9.47 Å². The van der Waals surface area contributed by atoms with Gasteiger partial charge in [0.1, 0.15) is 5.75 Å². The lowest BCUT2D eigenvalue weighted by molar-refractivity contribution is 0.0692. The number of anilines is 1. The Bertz CT molecular complexity index is 511. The van der Waals surface area contributed by atoms with Gasteiger partial charge in [-0.3, -0.25) is 4.79 Å². The van der Waals surface area contributed by atoms with E-state index in [9.17, 15) is 4.79 Å². The van der Waals surface area contributed by atoms with Crippen molar-refractivity contribution in [2.45, 2.75) is 0 Å². The molecule has 1 rings (SSSR count). The van der Waals surface area contributed by atoms with E-state index in [1.807, 2.05) is 0 Å². The number of terminal acetylenes is 1. The maximum atomic E-state index is 12.0. The molecule has 6 heteroatoms. The standard InChI is InChI=1S/C16H22N2O4/c1-4-7-17-14-6-5-13(12-15(14)21-3)16(19)18-8-9-22-11-10-20-2/h1,5-6,12,17H,7-11H2,2-3H3,(H,18,19). The van der Waals surface area contributed by atoms with Gasteiger partial charge in [-0.05, 0) is 18.2 Å². The van der Waals surface area contributed by atoms with E-state index in [0.29, 0.717) is 44.2 Å². The van der Waals surface area contributed by atoms with Crippen LogP contribution in [0.25, 0.3) is 0 Å². The SMILES string of the molecule is C#CCNc1ccc(C(=O)NCCOCCOC)cc1OC. The number of nitrogens with one attached hydrogen (secondary N) is 2. The van der Waals surface area contributed by atoms with Gasteiger partial charge < -0.3 is 24.8 Å². The van der Waals surface area contributed by atoms with Crippen molar-refractivity contribution in [1.29, 1.82) is 0 Å². The van der Waals surface area contributed by atoms with Crippen molar-refractivity contribution in [3.05, 3.63) is 23.8 Å². The molecule has 0 spiro atoms. The van der Waals surface area contributed by atoms with Gasteiger partial charge in [0, 0.05) is 19.2 Å². The lowest BCUT2D eigenvalue weighted by Crippen LogP contribution is -2.27. The predicted octanol–water partition coefficient (Wildman–Crippen LogP) is 1.13. The molecule has 0 aliphatic carbocycles. The Labute approximate surface area is 131 Å². The average Bonchev–Trinajstić information content (AvgIpc) is 2.55. The fraction of sp³-hybridized carbons (Fsp3) is 0.438. The Morgan fingerprint density at radius 2 is 2.09 bits per heavy atom. The number of carbonyl (C=O) groups is 1. The van der Waals surface area contributed by atoms with Crippen molar-refractivity contribution in [2.24, 2.45) is 0 Å². The number of benzene rings is 1. The highest BCUT2D eigenvalue weighted by molar-refractivity contribution is 5.95.